The summed E-state index contributed by atoms with van der Waals surface area (Å²) in [6.45, 7) is 4.41. The molecule has 0 radical (unpaired) electrons. The van der Waals surface area contributed by atoms with Gasteiger partial charge in [-0.3, -0.25) is 0 Å². The molecule has 0 heterocycles. The first-order chi connectivity index (χ1) is 11.5. The fraction of sp³-hybridized carbons (Fsp3) is 0.455. The Morgan fingerprint density at radius 3 is 2.33 bits per heavy atom. The Morgan fingerprint density at radius 2 is 1.67 bits per heavy atom. The summed E-state index contributed by atoms with van der Waals surface area (Å²) in [7, 11) is 0. The predicted octanol–water partition coefficient (Wildman–Crippen LogP) is 5.59. The lowest BCUT2D eigenvalue weighted by molar-refractivity contribution is 0.278. The van der Waals surface area contributed by atoms with Crippen LogP contribution in [0.25, 0.3) is 11.1 Å². The molecule has 2 nitrogen and oxygen atoms in total. The molecule has 128 valence electrons. The lowest BCUT2D eigenvalue weighted by atomic mass is 9.80. The Balaban J connectivity index is 1.67. The molecular weight excluding hydrogens is 292 g/mol. The van der Waals surface area contributed by atoms with Crippen LogP contribution in [0.4, 0.5) is 11.4 Å². The van der Waals surface area contributed by atoms with Crippen LogP contribution in [0.5, 0.6) is 0 Å². The third-order valence-electron chi connectivity index (χ3n) is 5.68. The summed E-state index contributed by atoms with van der Waals surface area (Å²) >= 11 is 0. The van der Waals surface area contributed by atoms with E-state index >= 15 is 0 Å². The summed E-state index contributed by atoms with van der Waals surface area (Å²) < 4.78 is 0. The molecule has 1 aliphatic rings. The second-order valence-corrected chi connectivity index (χ2v) is 7.66. The second kappa shape index (κ2) is 7.29. The summed E-state index contributed by atoms with van der Waals surface area (Å²) in [6.07, 6.45) is 8.04. The SMILES string of the molecule is Cc1ccc(-c2ccc(CCC3CCC(C)CC3)cc2N)cc1N. The molecule has 0 atom stereocenters. The zero-order valence-electron chi connectivity index (χ0n) is 15.0. The molecule has 0 aliphatic heterocycles. The van der Waals surface area contributed by atoms with Gasteiger partial charge in [0.2, 0.25) is 0 Å². The molecule has 0 spiro atoms. The Bertz CT molecular complexity index is 697. The van der Waals surface area contributed by atoms with E-state index in [2.05, 4.69) is 37.3 Å². The van der Waals surface area contributed by atoms with Crippen molar-refractivity contribution in [2.24, 2.45) is 11.8 Å². The Morgan fingerprint density at radius 1 is 0.917 bits per heavy atom. The Kier molecular flexibility index (Phi) is 5.13. The van der Waals surface area contributed by atoms with Crippen molar-refractivity contribution < 1.29 is 0 Å². The monoisotopic (exact) mass is 322 g/mol. The van der Waals surface area contributed by atoms with Crippen LogP contribution < -0.4 is 11.5 Å². The molecule has 2 heteroatoms. The van der Waals surface area contributed by atoms with Crippen LogP contribution in [0, 0.1) is 18.8 Å². The maximum atomic E-state index is 6.33. The molecule has 1 saturated carbocycles. The van der Waals surface area contributed by atoms with Crippen LogP contribution in [0.3, 0.4) is 0 Å². The van der Waals surface area contributed by atoms with E-state index in [9.17, 15) is 0 Å². The molecule has 0 amide bonds. The van der Waals surface area contributed by atoms with Gasteiger partial charge in [-0.2, -0.15) is 0 Å². The number of nitrogens with two attached hydrogens (primary N) is 2. The van der Waals surface area contributed by atoms with Gasteiger partial charge in [-0.15, -0.1) is 0 Å². The Hall–Kier alpha value is -1.96. The van der Waals surface area contributed by atoms with Crippen LogP contribution >= 0.6 is 0 Å². The van der Waals surface area contributed by atoms with Crippen LogP contribution in [0.2, 0.25) is 0 Å². The van der Waals surface area contributed by atoms with Gasteiger partial charge in [-0.25, -0.2) is 0 Å². The van der Waals surface area contributed by atoms with E-state index in [1.54, 1.807) is 0 Å². The van der Waals surface area contributed by atoms with Crippen molar-refractivity contribution in [2.45, 2.75) is 52.4 Å². The molecule has 0 aromatic heterocycles. The summed E-state index contributed by atoms with van der Waals surface area (Å²) in [5.41, 5.74) is 18.7. The van der Waals surface area contributed by atoms with Gasteiger partial charge in [0.05, 0.1) is 0 Å². The molecule has 1 fully saturated rings. The average molecular weight is 322 g/mol. The minimum absolute atomic E-state index is 0.822. The number of hydrogen-bond acceptors (Lipinski definition) is 2. The van der Waals surface area contributed by atoms with E-state index in [1.807, 2.05) is 13.0 Å². The van der Waals surface area contributed by atoms with Crippen molar-refractivity contribution in [1.29, 1.82) is 0 Å². The van der Waals surface area contributed by atoms with Gasteiger partial charge in [0, 0.05) is 16.9 Å². The molecular formula is C22H30N2. The first-order valence-corrected chi connectivity index (χ1v) is 9.28. The van der Waals surface area contributed by atoms with Crippen molar-refractivity contribution >= 4 is 11.4 Å². The van der Waals surface area contributed by atoms with Crippen molar-refractivity contribution in [3.63, 3.8) is 0 Å². The number of rotatable bonds is 4. The number of anilines is 2. The maximum absolute atomic E-state index is 6.33. The number of hydrogen-bond donors (Lipinski definition) is 2. The summed E-state index contributed by atoms with van der Waals surface area (Å²) in [5, 5.41) is 0. The third kappa shape index (κ3) is 3.92. The molecule has 2 aromatic carbocycles. The highest BCUT2D eigenvalue weighted by Gasteiger charge is 2.18. The van der Waals surface area contributed by atoms with E-state index in [4.69, 9.17) is 11.5 Å². The zero-order chi connectivity index (χ0) is 17.1. The minimum Gasteiger partial charge on any atom is -0.398 e. The molecule has 4 N–H and O–H groups in total. The summed E-state index contributed by atoms with van der Waals surface area (Å²) in [4.78, 5) is 0. The first kappa shape index (κ1) is 16.9. The van der Waals surface area contributed by atoms with Crippen molar-refractivity contribution in [3.8, 4) is 11.1 Å². The highest BCUT2D eigenvalue weighted by molar-refractivity contribution is 5.79. The lowest BCUT2D eigenvalue weighted by Crippen LogP contribution is -2.12. The van der Waals surface area contributed by atoms with Crippen molar-refractivity contribution in [1.82, 2.24) is 0 Å². The Labute approximate surface area is 146 Å². The second-order valence-electron chi connectivity index (χ2n) is 7.66. The fourth-order valence-corrected chi connectivity index (χ4v) is 3.83. The number of benzene rings is 2. The van der Waals surface area contributed by atoms with E-state index in [0.717, 1.165) is 46.3 Å². The van der Waals surface area contributed by atoms with Crippen LogP contribution in [-0.2, 0) is 6.42 Å². The smallest absolute Gasteiger partial charge is 0.0396 e. The van der Waals surface area contributed by atoms with Gasteiger partial charge < -0.3 is 11.5 Å². The predicted molar refractivity (Wildman–Crippen MR) is 105 cm³/mol. The van der Waals surface area contributed by atoms with Crippen molar-refractivity contribution in [3.05, 3.63) is 47.5 Å². The number of aryl methyl sites for hydroxylation is 2. The van der Waals surface area contributed by atoms with Crippen LogP contribution in [0.15, 0.2) is 36.4 Å². The maximum Gasteiger partial charge on any atom is 0.0396 e. The number of nitrogen functional groups attached to an aromatic ring is 2. The van der Waals surface area contributed by atoms with E-state index < -0.39 is 0 Å². The lowest BCUT2D eigenvalue weighted by Gasteiger charge is -2.26. The summed E-state index contributed by atoms with van der Waals surface area (Å²) in [5.74, 6) is 1.83. The normalized spacial score (nSPS) is 20.9. The molecule has 0 saturated heterocycles. The van der Waals surface area contributed by atoms with E-state index in [-0.39, 0.29) is 0 Å². The molecule has 3 rings (SSSR count). The molecule has 0 unspecified atom stereocenters. The molecule has 2 aromatic rings. The van der Waals surface area contributed by atoms with E-state index in [1.165, 1.54) is 37.7 Å². The third-order valence-corrected chi connectivity index (χ3v) is 5.68. The van der Waals surface area contributed by atoms with Gasteiger partial charge in [0.25, 0.3) is 0 Å². The zero-order valence-corrected chi connectivity index (χ0v) is 15.0. The van der Waals surface area contributed by atoms with Gasteiger partial charge in [0.1, 0.15) is 0 Å². The molecule has 0 bridgehead atoms. The highest BCUT2D eigenvalue weighted by Crippen LogP contribution is 2.33. The highest BCUT2D eigenvalue weighted by atomic mass is 14.6. The molecule has 1 aliphatic carbocycles. The fourth-order valence-electron chi connectivity index (χ4n) is 3.83. The van der Waals surface area contributed by atoms with Gasteiger partial charge in [-0.05, 0) is 60.4 Å². The van der Waals surface area contributed by atoms with Gasteiger partial charge >= 0.3 is 0 Å². The minimum atomic E-state index is 0.822. The largest absolute Gasteiger partial charge is 0.398 e. The average Bonchev–Trinajstić information content (AvgIpc) is 2.57. The first-order valence-electron chi connectivity index (χ1n) is 9.28. The topological polar surface area (TPSA) is 52.0 Å². The standard InChI is InChI=1S/C22H30N2/c1-15-3-6-17(7-4-15)8-9-18-10-12-20(22(24)13-18)19-11-5-16(2)21(23)14-19/h5,10-15,17H,3-4,6-9,23-24H2,1-2H3. The van der Waals surface area contributed by atoms with Gasteiger partial charge in [-0.1, -0.05) is 56.9 Å². The van der Waals surface area contributed by atoms with Gasteiger partial charge in [0.15, 0.2) is 0 Å². The summed E-state index contributed by atoms with van der Waals surface area (Å²) in [6, 6.07) is 12.7. The molecule has 24 heavy (non-hydrogen) atoms. The van der Waals surface area contributed by atoms with Crippen molar-refractivity contribution in [2.75, 3.05) is 11.5 Å². The van der Waals surface area contributed by atoms with Crippen LogP contribution in [0.1, 0.15) is 50.2 Å². The quantitative estimate of drug-likeness (QED) is 0.721. The van der Waals surface area contributed by atoms with Crippen LogP contribution in [-0.4, -0.2) is 0 Å². The van der Waals surface area contributed by atoms with E-state index in [0.29, 0.717) is 0 Å².